The summed E-state index contributed by atoms with van der Waals surface area (Å²) in [6.07, 6.45) is 24.2. The first-order chi connectivity index (χ1) is 25.0. The largest absolute Gasteiger partial charge is 0.462 e. The molecule has 1 N–H and O–H groups in total. The summed E-state index contributed by atoms with van der Waals surface area (Å²) < 4.78 is 18.1. The molecule has 1 heterocycles. The van der Waals surface area contributed by atoms with Gasteiger partial charge in [0.2, 0.25) is 0 Å². The molecule has 1 aromatic carbocycles. The second kappa shape index (κ2) is 18.3. The number of Topliss-reactive ketones (excluding diaryl/α,β-unsaturated/α-hetero) is 1. The van der Waals surface area contributed by atoms with Crippen molar-refractivity contribution in [3.8, 4) is 0 Å². The van der Waals surface area contributed by atoms with Crippen molar-refractivity contribution < 1.29 is 28.9 Å². The van der Waals surface area contributed by atoms with E-state index in [1.807, 2.05) is 120 Å². The minimum absolute atomic E-state index is 0.0902. The van der Waals surface area contributed by atoms with Gasteiger partial charge in [0.1, 0.15) is 11.7 Å². The summed E-state index contributed by atoms with van der Waals surface area (Å²) in [6.45, 7) is 18.5. The van der Waals surface area contributed by atoms with Gasteiger partial charge in [-0.3, -0.25) is 9.59 Å². The fourth-order valence-corrected chi connectivity index (χ4v) is 7.85. The predicted molar refractivity (Wildman–Crippen MR) is 214 cm³/mol. The number of carbonyl (C=O) groups is 2. The van der Waals surface area contributed by atoms with Crippen LogP contribution >= 0.6 is 0 Å². The van der Waals surface area contributed by atoms with Crippen LogP contribution < -0.4 is 0 Å². The van der Waals surface area contributed by atoms with E-state index in [9.17, 15) is 14.7 Å². The van der Waals surface area contributed by atoms with Gasteiger partial charge in [-0.1, -0.05) is 123 Å². The molecule has 3 fully saturated rings. The monoisotopic (exact) mass is 720 g/mol. The van der Waals surface area contributed by atoms with Gasteiger partial charge in [-0.2, -0.15) is 0 Å². The second-order valence-electron chi connectivity index (χ2n) is 16.0. The summed E-state index contributed by atoms with van der Waals surface area (Å²) in [4.78, 5) is 24.7. The van der Waals surface area contributed by atoms with Crippen LogP contribution in [0.25, 0.3) is 0 Å². The number of aliphatic hydroxyl groups excluding tert-OH is 1. The van der Waals surface area contributed by atoms with Gasteiger partial charge < -0.3 is 19.3 Å². The van der Waals surface area contributed by atoms with Crippen molar-refractivity contribution in [3.05, 3.63) is 136 Å². The quantitative estimate of drug-likeness (QED) is 0.0677. The zero-order valence-corrected chi connectivity index (χ0v) is 33.3. The molecule has 0 radical (unpaired) electrons. The molecule has 1 aliphatic heterocycles. The number of esters is 1. The number of allylic oxidation sites excluding steroid dienone is 14. The Bertz CT molecular complexity index is 1740. The van der Waals surface area contributed by atoms with E-state index in [4.69, 9.17) is 14.2 Å². The van der Waals surface area contributed by atoms with Crippen molar-refractivity contribution >= 4 is 11.8 Å². The zero-order valence-electron chi connectivity index (χ0n) is 33.3. The molecule has 0 amide bonds. The van der Waals surface area contributed by atoms with E-state index in [1.165, 1.54) is 12.5 Å². The number of rotatable bonds is 14. The SMILES string of the molecule is CC(=O)OC1C[C@@H](O)C(=C=C/C(C)=C/C=C/C(C)=C/C=C/C=C(C)/C=C/C=C(\C)C(=O)CC23OC2(C)CC(OCc2ccccc2)CC3(C)C)[C@@H](C)C1. The van der Waals surface area contributed by atoms with Crippen LogP contribution in [-0.2, 0) is 30.4 Å². The summed E-state index contributed by atoms with van der Waals surface area (Å²) in [5.74, 6) is -0.100. The summed E-state index contributed by atoms with van der Waals surface area (Å²) in [5.41, 5.74) is 8.20. The third-order valence-corrected chi connectivity index (χ3v) is 10.9. The third kappa shape index (κ3) is 11.5. The van der Waals surface area contributed by atoms with Gasteiger partial charge >= 0.3 is 5.97 Å². The predicted octanol–water partition coefficient (Wildman–Crippen LogP) is 10.1. The van der Waals surface area contributed by atoms with E-state index < -0.39 is 11.7 Å². The number of carbonyl (C=O) groups excluding carboxylic acids is 2. The number of ether oxygens (including phenoxy) is 3. The fraction of sp³-hybridized carbons (Fsp3) is 0.468. The fourth-order valence-electron chi connectivity index (χ4n) is 7.85. The van der Waals surface area contributed by atoms with Gasteiger partial charge in [0.05, 0.1) is 24.4 Å². The molecule has 6 heteroatoms. The Hall–Kier alpha value is -4.06. The molecule has 6 nitrogen and oxygen atoms in total. The lowest BCUT2D eigenvalue weighted by atomic mass is 9.61. The van der Waals surface area contributed by atoms with E-state index in [0.29, 0.717) is 25.9 Å². The molecule has 1 saturated heterocycles. The maximum Gasteiger partial charge on any atom is 0.302 e. The standard InChI is InChI=1S/C47H60O6/c1-33(19-15-20-35(3)25-26-42-37(5)27-40(28-43(42)49)52-38(6)48)17-13-14-18-34(2)21-16-22-36(4)44(50)31-47-45(7,8)29-41(30-46(47,9)53-47)51-32-39-23-11-10-12-24-39/h10-25,37,40-41,43,49H,27-32H2,1-9H3/b14-13+,19-15+,21-16+,33-17+,34-18+,35-20+,36-22+/t26?,37-,40?,41?,43+,46?,47?/m0/s1. The summed E-state index contributed by atoms with van der Waals surface area (Å²) in [7, 11) is 0. The molecular formula is C47H60O6. The highest BCUT2D eigenvalue weighted by Crippen LogP contribution is 2.67. The average Bonchev–Trinajstić information content (AvgIpc) is 3.70. The molecule has 0 aromatic heterocycles. The van der Waals surface area contributed by atoms with Crippen molar-refractivity contribution in [2.75, 3.05) is 0 Å². The molecule has 284 valence electrons. The minimum Gasteiger partial charge on any atom is -0.462 e. The van der Waals surface area contributed by atoms with E-state index >= 15 is 0 Å². The lowest BCUT2D eigenvalue weighted by Crippen LogP contribution is -2.49. The Kier molecular flexibility index (Phi) is 14.4. The van der Waals surface area contributed by atoms with Crippen LogP contribution in [0.1, 0.15) is 100.0 Å². The highest BCUT2D eigenvalue weighted by molar-refractivity contribution is 5.96. The van der Waals surface area contributed by atoms with Crippen molar-refractivity contribution in [1.82, 2.24) is 0 Å². The molecule has 2 aliphatic carbocycles. The van der Waals surface area contributed by atoms with Crippen LogP contribution in [0.15, 0.2) is 131 Å². The van der Waals surface area contributed by atoms with E-state index in [0.717, 1.165) is 40.7 Å². The average molecular weight is 721 g/mol. The number of benzene rings is 1. The van der Waals surface area contributed by atoms with Crippen molar-refractivity contribution in [2.24, 2.45) is 11.3 Å². The Balaban J connectivity index is 1.24. The van der Waals surface area contributed by atoms with Crippen LogP contribution in [0.5, 0.6) is 0 Å². The number of ketones is 1. The molecule has 4 unspecified atom stereocenters. The highest BCUT2D eigenvalue weighted by Gasteiger charge is 2.76. The number of aliphatic hydroxyl groups is 1. The lowest BCUT2D eigenvalue weighted by molar-refractivity contribution is -0.149. The second-order valence-corrected chi connectivity index (χ2v) is 16.0. The number of hydrogen-bond donors (Lipinski definition) is 1. The van der Waals surface area contributed by atoms with Crippen LogP contribution in [0.4, 0.5) is 0 Å². The molecule has 6 atom stereocenters. The Labute approximate surface area is 318 Å². The molecule has 4 rings (SSSR count). The van der Waals surface area contributed by atoms with E-state index in [1.54, 1.807) is 0 Å². The zero-order chi connectivity index (χ0) is 38.8. The molecule has 2 saturated carbocycles. The van der Waals surface area contributed by atoms with Gasteiger partial charge in [-0.25, -0.2) is 0 Å². The minimum atomic E-state index is -0.660. The third-order valence-electron chi connectivity index (χ3n) is 10.9. The lowest BCUT2D eigenvalue weighted by Gasteiger charge is -2.41. The van der Waals surface area contributed by atoms with E-state index in [-0.39, 0.29) is 40.9 Å². The van der Waals surface area contributed by atoms with Gasteiger partial charge in [-0.15, -0.1) is 5.73 Å². The van der Waals surface area contributed by atoms with Crippen LogP contribution in [0.2, 0.25) is 0 Å². The van der Waals surface area contributed by atoms with Crippen LogP contribution in [0, 0.1) is 11.3 Å². The Morgan fingerprint density at radius 2 is 1.47 bits per heavy atom. The van der Waals surface area contributed by atoms with Crippen molar-refractivity contribution in [2.45, 2.75) is 131 Å². The molecule has 0 bridgehead atoms. The highest BCUT2D eigenvalue weighted by atomic mass is 16.6. The first-order valence-electron chi connectivity index (χ1n) is 19.0. The molecule has 0 spiro atoms. The maximum atomic E-state index is 13.4. The molecule has 53 heavy (non-hydrogen) atoms. The first kappa shape index (κ1) is 41.7. The summed E-state index contributed by atoms with van der Waals surface area (Å²) in [5, 5.41) is 10.5. The summed E-state index contributed by atoms with van der Waals surface area (Å²) >= 11 is 0. The van der Waals surface area contributed by atoms with Gasteiger partial charge in [-0.05, 0) is 81.6 Å². The topological polar surface area (TPSA) is 85.4 Å². The Morgan fingerprint density at radius 3 is 2.08 bits per heavy atom. The van der Waals surface area contributed by atoms with Gasteiger partial charge in [0.25, 0.3) is 0 Å². The van der Waals surface area contributed by atoms with Crippen LogP contribution in [-0.4, -0.2) is 46.4 Å². The smallest absolute Gasteiger partial charge is 0.302 e. The van der Waals surface area contributed by atoms with Gasteiger partial charge in [0.15, 0.2) is 5.78 Å². The van der Waals surface area contributed by atoms with Crippen molar-refractivity contribution in [3.63, 3.8) is 0 Å². The first-order valence-corrected chi connectivity index (χ1v) is 19.0. The Morgan fingerprint density at radius 1 is 0.849 bits per heavy atom. The van der Waals surface area contributed by atoms with Crippen molar-refractivity contribution in [1.29, 1.82) is 0 Å². The number of epoxide rings is 1. The number of hydrogen-bond acceptors (Lipinski definition) is 6. The maximum absolute atomic E-state index is 13.4. The summed E-state index contributed by atoms with van der Waals surface area (Å²) in [6, 6.07) is 10.2. The van der Waals surface area contributed by atoms with Crippen LogP contribution in [0.3, 0.4) is 0 Å². The number of fused-ring (bicyclic) bond motifs is 1. The van der Waals surface area contributed by atoms with E-state index in [2.05, 4.69) is 38.6 Å². The normalized spacial score (nSPS) is 29.4. The van der Waals surface area contributed by atoms with Gasteiger partial charge in [0, 0.05) is 31.8 Å². The molecule has 1 aromatic rings. The molecule has 3 aliphatic rings. The molecular weight excluding hydrogens is 661 g/mol.